The molecule has 1 atom stereocenters. The summed E-state index contributed by atoms with van der Waals surface area (Å²) in [7, 11) is 4.27. The summed E-state index contributed by atoms with van der Waals surface area (Å²) in [6.07, 6.45) is 3.46. The number of aromatic nitrogens is 2. The van der Waals surface area contributed by atoms with E-state index in [9.17, 15) is 0 Å². The normalized spacial score (nSPS) is 19.1. The van der Waals surface area contributed by atoms with Gasteiger partial charge in [0.15, 0.2) is 0 Å². The van der Waals surface area contributed by atoms with Crippen LogP contribution >= 0.6 is 0 Å². The molecular formula is C28H40N6O. The van der Waals surface area contributed by atoms with Gasteiger partial charge in [-0.2, -0.15) is 0 Å². The topological polar surface area (TPSA) is 57.6 Å². The highest BCUT2D eigenvalue weighted by Crippen LogP contribution is 2.28. The summed E-state index contributed by atoms with van der Waals surface area (Å²) in [6.45, 7) is 8.18. The second-order valence-electron chi connectivity index (χ2n) is 10.4. The van der Waals surface area contributed by atoms with Crippen LogP contribution in [0, 0.1) is 5.92 Å². The zero-order chi connectivity index (χ0) is 24.0. The van der Waals surface area contributed by atoms with Crippen molar-refractivity contribution in [1.29, 1.82) is 0 Å². The lowest BCUT2D eigenvalue weighted by Gasteiger charge is -2.32. The number of piperidine rings is 1. The van der Waals surface area contributed by atoms with E-state index in [1.165, 1.54) is 31.5 Å². The number of hydrogen-bond acceptors (Lipinski definition) is 6. The molecule has 188 valence electrons. The molecule has 1 saturated heterocycles. The van der Waals surface area contributed by atoms with E-state index in [1.54, 1.807) is 0 Å². The Balaban J connectivity index is 1.04. The van der Waals surface area contributed by atoms with Crippen LogP contribution in [0.5, 0.6) is 5.75 Å². The molecule has 0 amide bonds. The van der Waals surface area contributed by atoms with Gasteiger partial charge < -0.3 is 24.8 Å². The summed E-state index contributed by atoms with van der Waals surface area (Å²) in [5.41, 5.74) is 3.61. The number of rotatable bonds is 10. The van der Waals surface area contributed by atoms with Gasteiger partial charge in [0.25, 0.3) is 0 Å². The second kappa shape index (κ2) is 11.4. The summed E-state index contributed by atoms with van der Waals surface area (Å²) in [5, 5.41) is 7.25. The number of nitrogens with one attached hydrogen (secondary N) is 2. The minimum Gasteiger partial charge on any atom is -0.493 e. The number of anilines is 1. The Hall–Kier alpha value is -2.61. The van der Waals surface area contributed by atoms with Gasteiger partial charge in [-0.25, -0.2) is 4.98 Å². The van der Waals surface area contributed by atoms with E-state index in [-0.39, 0.29) is 0 Å². The summed E-state index contributed by atoms with van der Waals surface area (Å²) in [4.78, 5) is 9.59. The molecule has 3 aromatic rings. The maximum atomic E-state index is 6.12. The molecule has 1 unspecified atom stereocenters. The Bertz CT molecular complexity index is 1070. The van der Waals surface area contributed by atoms with Crippen molar-refractivity contribution in [3.63, 3.8) is 0 Å². The van der Waals surface area contributed by atoms with Crippen molar-refractivity contribution in [2.24, 2.45) is 5.92 Å². The SMILES string of the molecule is CN(C)CC1CNc2nc3ccc(OCCCNC4CCN(Cc5ccccc5)CC4)cc3n2C1. The van der Waals surface area contributed by atoms with E-state index in [2.05, 4.69) is 87.6 Å². The first-order chi connectivity index (χ1) is 17.1. The smallest absolute Gasteiger partial charge is 0.203 e. The Morgan fingerprint density at radius 1 is 1.11 bits per heavy atom. The molecule has 5 rings (SSSR count). The molecular weight excluding hydrogens is 436 g/mol. The Kier molecular flexibility index (Phi) is 7.86. The fourth-order valence-corrected chi connectivity index (χ4v) is 5.41. The van der Waals surface area contributed by atoms with Gasteiger partial charge in [0.05, 0.1) is 17.6 Å². The first-order valence-electron chi connectivity index (χ1n) is 13.2. The van der Waals surface area contributed by atoms with E-state index < -0.39 is 0 Å². The van der Waals surface area contributed by atoms with Crippen LogP contribution in [0.3, 0.4) is 0 Å². The van der Waals surface area contributed by atoms with Crippen molar-refractivity contribution >= 4 is 17.0 Å². The van der Waals surface area contributed by atoms with Crippen LogP contribution in [-0.4, -0.2) is 78.8 Å². The van der Waals surface area contributed by atoms with Gasteiger partial charge in [-0.3, -0.25) is 4.90 Å². The average Bonchev–Trinajstić information content (AvgIpc) is 3.22. The molecule has 0 saturated carbocycles. The first kappa shape index (κ1) is 24.1. The number of nitrogens with zero attached hydrogens (tertiary/aromatic N) is 4. The molecule has 7 nitrogen and oxygen atoms in total. The highest BCUT2D eigenvalue weighted by molar-refractivity contribution is 5.80. The van der Waals surface area contributed by atoms with Crippen LogP contribution in [0.4, 0.5) is 5.95 Å². The third-order valence-corrected chi connectivity index (χ3v) is 7.19. The highest BCUT2D eigenvalue weighted by Gasteiger charge is 2.22. The molecule has 2 aromatic carbocycles. The summed E-state index contributed by atoms with van der Waals surface area (Å²) >= 11 is 0. The lowest BCUT2D eigenvalue weighted by atomic mass is 10.0. The molecule has 3 heterocycles. The molecule has 2 N–H and O–H groups in total. The molecule has 1 aromatic heterocycles. The Morgan fingerprint density at radius 3 is 2.74 bits per heavy atom. The average molecular weight is 477 g/mol. The fourth-order valence-electron chi connectivity index (χ4n) is 5.41. The van der Waals surface area contributed by atoms with Gasteiger partial charge in [0.1, 0.15) is 5.75 Å². The maximum Gasteiger partial charge on any atom is 0.203 e. The van der Waals surface area contributed by atoms with Crippen LogP contribution < -0.4 is 15.4 Å². The molecule has 2 aliphatic rings. The number of imidazole rings is 1. The van der Waals surface area contributed by atoms with Crippen LogP contribution in [0.2, 0.25) is 0 Å². The van der Waals surface area contributed by atoms with Crippen molar-refractivity contribution in [2.75, 3.05) is 58.7 Å². The third kappa shape index (κ3) is 6.34. The Morgan fingerprint density at radius 2 is 1.94 bits per heavy atom. The molecule has 35 heavy (non-hydrogen) atoms. The van der Waals surface area contributed by atoms with E-state index in [1.807, 2.05) is 0 Å². The number of likely N-dealkylation sites (tertiary alicyclic amines) is 1. The second-order valence-corrected chi connectivity index (χ2v) is 10.4. The monoisotopic (exact) mass is 476 g/mol. The third-order valence-electron chi connectivity index (χ3n) is 7.19. The van der Waals surface area contributed by atoms with Crippen LogP contribution in [0.25, 0.3) is 11.0 Å². The predicted molar refractivity (Wildman–Crippen MR) is 143 cm³/mol. The lowest BCUT2D eigenvalue weighted by Crippen LogP contribution is -2.42. The minimum atomic E-state index is 0.579. The molecule has 0 spiro atoms. The zero-order valence-corrected chi connectivity index (χ0v) is 21.2. The van der Waals surface area contributed by atoms with Crippen molar-refractivity contribution in [2.45, 2.75) is 38.4 Å². The van der Waals surface area contributed by atoms with Gasteiger partial charge in [0, 0.05) is 44.2 Å². The van der Waals surface area contributed by atoms with E-state index in [0.29, 0.717) is 12.0 Å². The van der Waals surface area contributed by atoms with Crippen molar-refractivity contribution in [3.05, 3.63) is 54.1 Å². The standard InChI is InChI=1S/C28H40N6O/c1-32(2)19-23-18-30-28-31-26-10-9-25(17-27(26)34(28)21-23)35-16-6-13-29-24-11-14-33(15-12-24)20-22-7-4-3-5-8-22/h3-5,7-10,17,23-24,29H,6,11-16,18-21H2,1-2H3,(H,30,31). The van der Waals surface area contributed by atoms with Crippen molar-refractivity contribution < 1.29 is 4.74 Å². The van der Waals surface area contributed by atoms with E-state index >= 15 is 0 Å². The van der Waals surface area contributed by atoms with Crippen LogP contribution in [-0.2, 0) is 13.1 Å². The molecule has 0 bridgehead atoms. The molecule has 1 fully saturated rings. The summed E-state index contributed by atoms with van der Waals surface area (Å²) in [6, 6.07) is 17.7. The summed E-state index contributed by atoms with van der Waals surface area (Å²) < 4.78 is 8.43. The van der Waals surface area contributed by atoms with E-state index in [0.717, 1.165) is 68.5 Å². The molecule has 7 heteroatoms. The summed E-state index contributed by atoms with van der Waals surface area (Å²) in [5.74, 6) is 2.49. The van der Waals surface area contributed by atoms with Gasteiger partial charge in [-0.15, -0.1) is 0 Å². The first-order valence-corrected chi connectivity index (χ1v) is 13.2. The fraction of sp³-hybridized carbons (Fsp3) is 0.536. The lowest BCUT2D eigenvalue weighted by molar-refractivity contribution is 0.189. The molecule has 0 aliphatic carbocycles. The maximum absolute atomic E-state index is 6.12. The largest absolute Gasteiger partial charge is 0.493 e. The van der Waals surface area contributed by atoms with Crippen LogP contribution in [0.1, 0.15) is 24.8 Å². The van der Waals surface area contributed by atoms with E-state index in [4.69, 9.17) is 9.72 Å². The number of fused-ring (bicyclic) bond motifs is 3. The van der Waals surface area contributed by atoms with Gasteiger partial charge in [-0.05, 0) is 70.7 Å². The van der Waals surface area contributed by atoms with Gasteiger partial charge in [-0.1, -0.05) is 30.3 Å². The number of benzene rings is 2. The highest BCUT2D eigenvalue weighted by atomic mass is 16.5. The predicted octanol–water partition coefficient (Wildman–Crippen LogP) is 3.66. The molecule has 2 aliphatic heterocycles. The molecule has 0 radical (unpaired) electrons. The van der Waals surface area contributed by atoms with Gasteiger partial charge >= 0.3 is 0 Å². The van der Waals surface area contributed by atoms with Crippen LogP contribution in [0.15, 0.2) is 48.5 Å². The van der Waals surface area contributed by atoms with Gasteiger partial charge in [0.2, 0.25) is 5.95 Å². The Labute approximate surface area is 209 Å². The van der Waals surface area contributed by atoms with Crippen molar-refractivity contribution in [1.82, 2.24) is 24.7 Å². The zero-order valence-electron chi connectivity index (χ0n) is 21.2. The minimum absolute atomic E-state index is 0.579. The quantitative estimate of drug-likeness (QED) is 0.436. The number of hydrogen-bond donors (Lipinski definition) is 2. The van der Waals surface area contributed by atoms with Crippen molar-refractivity contribution in [3.8, 4) is 5.75 Å². The number of ether oxygens (including phenoxy) is 1.